The SMILES string of the molecule is CC(=O)Nc1ccc(CCOP(=O)(CCCCCC(=O)ON2C(=O)CCC2=O)Oc2ccc([N+](=O)[O-])cc2)cc1. The normalized spacial score (nSPS) is 14.5. The first kappa shape index (κ1) is 30.5. The summed E-state index contributed by atoms with van der Waals surface area (Å²) < 4.78 is 24.9. The van der Waals surface area contributed by atoms with E-state index in [2.05, 4.69) is 5.32 Å². The second kappa shape index (κ2) is 14.3. The van der Waals surface area contributed by atoms with Gasteiger partial charge < -0.3 is 14.7 Å². The third kappa shape index (κ3) is 9.58. The molecule has 3 rings (SSSR count). The summed E-state index contributed by atoms with van der Waals surface area (Å²) in [6.45, 7) is 1.47. The van der Waals surface area contributed by atoms with Gasteiger partial charge in [-0.3, -0.25) is 29.0 Å². The van der Waals surface area contributed by atoms with Crippen LogP contribution in [0.1, 0.15) is 51.0 Å². The van der Waals surface area contributed by atoms with Crippen LogP contribution < -0.4 is 9.84 Å². The van der Waals surface area contributed by atoms with E-state index < -0.39 is 30.3 Å². The van der Waals surface area contributed by atoms with Crippen LogP contribution in [0.15, 0.2) is 48.5 Å². The summed E-state index contributed by atoms with van der Waals surface area (Å²) in [7, 11) is -3.69. The van der Waals surface area contributed by atoms with E-state index in [0.29, 0.717) is 36.4 Å². The Morgan fingerprint density at radius 2 is 1.65 bits per heavy atom. The van der Waals surface area contributed by atoms with E-state index in [1.165, 1.54) is 31.2 Å². The maximum atomic E-state index is 13.6. The Morgan fingerprint density at radius 1 is 1.00 bits per heavy atom. The van der Waals surface area contributed by atoms with Gasteiger partial charge in [-0.2, -0.15) is 0 Å². The van der Waals surface area contributed by atoms with E-state index >= 15 is 0 Å². The third-order valence-electron chi connectivity index (χ3n) is 5.76. The molecule has 0 bridgehead atoms. The van der Waals surface area contributed by atoms with E-state index in [1.807, 2.05) is 0 Å². The third-order valence-corrected chi connectivity index (χ3v) is 7.69. The van der Waals surface area contributed by atoms with Gasteiger partial charge in [0.2, 0.25) is 5.91 Å². The minimum atomic E-state index is -3.69. The number of anilines is 1. The number of non-ortho nitro benzene ring substituents is 1. The fourth-order valence-corrected chi connectivity index (χ4v) is 5.44. The van der Waals surface area contributed by atoms with Gasteiger partial charge in [-0.25, -0.2) is 9.36 Å². The summed E-state index contributed by atoms with van der Waals surface area (Å²) in [6, 6.07) is 12.2. The van der Waals surface area contributed by atoms with Gasteiger partial charge in [-0.1, -0.05) is 18.6 Å². The summed E-state index contributed by atoms with van der Waals surface area (Å²) in [4.78, 5) is 61.5. The molecule has 1 saturated heterocycles. The monoisotopic (exact) mass is 575 g/mol. The van der Waals surface area contributed by atoms with E-state index in [1.54, 1.807) is 24.3 Å². The number of imide groups is 1. The molecule has 2 aromatic carbocycles. The Labute approximate surface area is 230 Å². The van der Waals surface area contributed by atoms with Crippen LogP contribution in [0, 0.1) is 10.1 Å². The zero-order chi connectivity index (χ0) is 29.1. The van der Waals surface area contributed by atoms with Crippen molar-refractivity contribution in [3.05, 3.63) is 64.2 Å². The predicted molar refractivity (Wildman–Crippen MR) is 142 cm³/mol. The molecular formula is C26H30N3O10P. The summed E-state index contributed by atoms with van der Waals surface area (Å²) in [5, 5.41) is 14.1. The number of hydrogen-bond acceptors (Lipinski definition) is 10. The minimum absolute atomic E-state index is 0.0124. The molecule has 0 aromatic heterocycles. The number of carbonyl (C=O) groups excluding carboxylic acids is 4. The fraction of sp³-hybridized carbons (Fsp3) is 0.385. The number of carbonyl (C=O) groups is 4. The summed E-state index contributed by atoms with van der Waals surface area (Å²) in [6.07, 6.45) is 1.59. The van der Waals surface area contributed by atoms with Crippen molar-refractivity contribution in [2.45, 2.75) is 51.9 Å². The van der Waals surface area contributed by atoms with Crippen molar-refractivity contribution >= 4 is 42.7 Å². The number of nitrogens with one attached hydrogen (secondary N) is 1. The Hall–Kier alpha value is -4.09. The number of unbranched alkanes of at least 4 members (excludes halogenated alkanes) is 2. The van der Waals surface area contributed by atoms with Gasteiger partial charge >= 0.3 is 13.6 Å². The number of amides is 3. The zero-order valence-corrected chi connectivity index (χ0v) is 22.8. The second-order valence-electron chi connectivity index (χ2n) is 8.99. The van der Waals surface area contributed by atoms with Crippen molar-refractivity contribution in [2.24, 2.45) is 0 Å². The predicted octanol–water partition coefficient (Wildman–Crippen LogP) is 4.55. The smallest absolute Gasteiger partial charge is 0.379 e. The largest absolute Gasteiger partial charge is 0.424 e. The molecule has 2 aromatic rings. The molecule has 0 spiro atoms. The maximum absolute atomic E-state index is 13.6. The molecule has 14 heteroatoms. The van der Waals surface area contributed by atoms with Crippen molar-refractivity contribution in [1.82, 2.24) is 5.06 Å². The molecule has 1 aliphatic heterocycles. The first-order valence-electron chi connectivity index (χ1n) is 12.7. The fourth-order valence-electron chi connectivity index (χ4n) is 3.74. The van der Waals surface area contributed by atoms with Gasteiger partial charge in [0.1, 0.15) is 5.75 Å². The lowest BCUT2D eigenvalue weighted by molar-refractivity contribution is -0.384. The molecule has 1 unspecified atom stereocenters. The first-order chi connectivity index (χ1) is 19.0. The van der Waals surface area contributed by atoms with Gasteiger partial charge in [-0.15, -0.1) is 5.06 Å². The van der Waals surface area contributed by atoms with E-state index in [9.17, 15) is 33.9 Å². The molecule has 13 nitrogen and oxygen atoms in total. The molecule has 0 radical (unpaired) electrons. The number of benzene rings is 2. The van der Waals surface area contributed by atoms with Gasteiger partial charge in [0.05, 0.1) is 17.7 Å². The first-order valence-corrected chi connectivity index (χ1v) is 14.4. The number of nitro groups is 1. The molecule has 214 valence electrons. The molecule has 1 fully saturated rings. The maximum Gasteiger partial charge on any atom is 0.379 e. The number of nitrogens with zero attached hydrogens (tertiary/aromatic N) is 2. The zero-order valence-electron chi connectivity index (χ0n) is 21.9. The summed E-state index contributed by atoms with van der Waals surface area (Å²) in [5.74, 6) is -1.85. The average Bonchev–Trinajstić information content (AvgIpc) is 3.21. The highest BCUT2D eigenvalue weighted by molar-refractivity contribution is 7.54. The Kier molecular flexibility index (Phi) is 10.9. The molecule has 0 saturated carbocycles. The highest BCUT2D eigenvalue weighted by Crippen LogP contribution is 2.49. The Balaban J connectivity index is 1.52. The lowest BCUT2D eigenvalue weighted by atomic mass is 10.1. The summed E-state index contributed by atoms with van der Waals surface area (Å²) in [5.41, 5.74) is 1.38. The lowest BCUT2D eigenvalue weighted by Crippen LogP contribution is -2.31. The van der Waals surface area contributed by atoms with Crippen LogP contribution in [-0.4, -0.2) is 46.4 Å². The van der Waals surface area contributed by atoms with Crippen LogP contribution in [-0.2, 0) is 39.5 Å². The molecular weight excluding hydrogens is 545 g/mol. The number of hydroxylamine groups is 2. The minimum Gasteiger partial charge on any atom is -0.424 e. The highest BCUT2D eigenvalue weighted by atomic mass is 31.2. The molecule has 1 heterocycles. The second-order valence-corrected chi connectivity index (χ2v) is 11.1. The number of nitro benzene ring substituents is 1. The van der Waals surface area contributed by atoms with Crippen molar-refractivity contribution in [1.29, 1.82) is 0 Å². The van der Waals surface area contributed by atoms with Crippen LogP contribution in [0.5, 0.6) is 5.75 Å². The number of hydrogen-bond donors (Lipinski definition) is 1. The molecule has 40 heavy (non-hydrogen) atoms. The van der Waals surface area contributed by atoms with Crippen LogP contribution in [0.4, 0.5) is 11.4 Å². The Morgan fingerprint density at radius 3 is 2.25 bits per heavy atom. The lowest BCUT2D eigenvalue weighted by Gasteiger charge is -2.19. The van der Waals surface area contributed by atoms with Gasteiger partial charge in [0.25, 0.3) is 17.5 Å². The Bertz CT molecular complexity index is 1260. The van der Waals surface area contributed by atoms with Gasteiger partial charge in [0.15, 0.2) is 0 Å². The topological polar surface area (TPSA) is 171 Å². The van der Waals surface area contributed by atoms with Crippen LogP contribution in [0.3, 0.4) is 0 Å². The van der Waals surface area contributed by atoms with Gasteiger partial charge in [-0.05, 0) is 49.1 Å². The van der Waals surface area contributed by atoms with Crippen molar-refractivity contribution in [3.63, 3.8) is 0 Å². The van der Waals surface area contributed by atoms with E-state index in [0.717, 1.165) is 5.56 Å². The van der Waals surface area contributed by atoms with Crippen LogP contribution in [0.2, 0.25) is 0 Å². The average molecular weight is 576 g/mol. The molecule has 1 N–H and O–H groups in total. The molecule has 3 amide bonds. The van der Waals surface area contributed by atoms with Gasteiger partial charge in [0, 0.05) is 44.0 Å². The highest BCUT2D eigenvalue weighted by Gasteiger charge is 2.32. The van der Waals surface area contributed by atoms with E-state index in [-0.39, 0.29) is 49.4 Å². The molecule has 1 aliphatic rings. The standard InChI is InChI=1S/C26H30N3O10P/c1-19(30)27-21-8-6-20(7-9-21)16-17-37-40(36,39-23-12-10-22(11-13-23)29(34)35)18-4-2-3-5-26(33)38-28-24(31)14-15-25(28)32/h6-13H,2-5,14-18H2,1H3,(H,27,30). The van der Waals surface area contributed by atoms with Crippen molar-refractivity contribution < 1.29 is 42.6 Å². The quantitative estimate of drug-likeness (QED) is 0.104. The van der Waals surface area contributed by atoms with Crippen molar-refractivity contribution in [3.8, 4) is 5.75 Å². The van der Waals surface area contributed by atoms with Crippen LogP contribution >= 0.6 is 7.60 Å². The summed E-state index contributed by atoms with van der Waals surface area (Å²) >= 11 is 0. The molecule has 1 atom stereocenters. The molecule has 0 aliphatic carbocycles. The van der Waals surface area contributed by atoms with Crippen LogP contribution in [0.25, 0.3) is 0 Å². The number of rotatable bonds is 15. The van der Waals surface area contributed by atoms with E-state index in [4.69, 9.17) is 13.9 Å². The van der Waals surface area contributed by atoms with Crippen molar-refractivity contribution in [2.75, 3.05) is 18.1 Å².